The highest BCUT2D eigenvalue weighted by Gasteiger charge is 2.76. The number of benzene rings is 6. The van der Waals surface area contributed by atoms with Crippen LogP contribution in [0, 0.1) is 27.9 Å². The lowest BCUT2D eigenvalue weighted by atomic mass is 9.64. The van der Waals surface area contributed by atoms with Gasteiger partial charge in [-0.1, -0.05) is 121 Å². The summed E-state index contributed by atoms with van der Waals surface area (Å²) < 4.78 is 20.2. The standard InChI is InChI=1S/C59H53N7O10/c67-35-36-74-45-29-25-43(26-30-45)54-59(50(55(68)62-32-12-2-1-3-13-33-62)52-56(69)76-53(42-18-8-5-9-19-42)51(65(52)54)41-16-6-4-7-17-41)46-37-39(15-14-34-63-49-21-11-10-20-47(49)60-61-63)24-31-48(46)64(57(59)70)58(71)75-38-40-22-27-44(28-23-40)66(72)73/h4-11,16-31,37,50-54,67H,1-3,12-13,32-36,38H2/t50-,51-,52-,53+,54+,59-/m0/s1. The third-order valence-electron chi connectivity index (χ3n) is 15.0. The zero-order valence-corrected chi connectivity index (χ0v) is 41.4. The Kier molecular flexibility index (Phi) is 13.8. The molecule has 4 aliphatic rings. The fourth-order valence-corrected chi connectivity index (χ4v) is 11.7. The first-order chi connectivity index (χ1) is 37.2. The maximum absolute atomic E-state index is 16.8. The number of aliphatic hydroxyl groups excluding tert-OH is 1. The van der Waals surface area contributed by atoms with Gasteiger partial charge >= 0.3 is 12.1 Å². The molecule has 0 saturated carbocycles. The van der Waals surface area contributed by atoms with Crippen LogP contribution < -0.4 is 9.64 Å². The van der Waals surface area contributed by atoms with Crippen molar-refractivity contribution in [3.05, 3.63) is 195 Å². The third kappa shape index (κ3) is 8.98. The second-order valence-corrected chi connectivity index (χ2v) is 19.4. The molecule has 6 aromatic carbocycles. The fourth-order valence-electron chi connectivity index (χ4n) is 11.7. The van der Waals surface area contributed by atoms with Crippen molar-refractivity contribution in [3.8, 4) is 17.6 Å². The van der Waals surface area contributed by atoms with Crippen LogP contribution in [-0.4, -0.2) is 91.0 Å². The molecule has 7 aromatic rings. The Labute approximate surface area is 437 Å². The lowest BCUT2D eigenvalue weighted by Crippen LogP contribution is -2.56. The van der Waals surface area contributed by atoms with Crippen LogP contribution in [-0.2, 0) is 42.4 Å². The molecule has 4 aliphatic heterocycles. The van der Waals surface area contributed by atoms with Crippen molar-refractivity contribution in [1.29, 1.82) is 0 Å². The monoisotopic (exact) mass is 1020 g/mol. The molecule has 0 radical (unpaired) electrons. The second kappa shape index (κ2) is 21.3. The van der Waals surface area contributed by atoms with E-state index in [-0.39, 0.29) is 43.3 Å². The summed E-state index contributed by atoms with van der Waals surface area (Å²) in [7, 11) is 0. The van der Waals surface area contributed by atoms with Crippen LogP contribution in [0.2, 0.25) is 0 Å². The van der Waals surface area contributed by atoms with Gasteiger partial charge in [0.15, 0.2) is 0 Å². The zero-order chi connectivity index (χ0) is 52.3. The summed E-state index contributed by atoms with van der Waals surface area (Å²) in [5, 5.41) is 29.8. The van der Waals surface area contributed by atoms with Crippen LogP contribution in [0.15, 0.2) is 152 Å². The first-order valence-electron chi connectivity index (χ1n) is 25.5. The zero-order valence-electron chi connectivity index (χ0n) is 41.4. The average molecular weight is 1020 g/mol. The number of aliphatic hydroxyl groups is 1. The molecule has 1 aromatic heterocycles. The van der Waals surface area contributed by atoms with E-state index in [1.54, 1.807) is 52.0 Å². The predicted octanol–water partition coefficient (Wildman–Crippen LogP) is 8.56. The van der Waals surface area contributed by atoms with Gasteiger partial charge in [0.25, 0.3) is 5.69 Å². The molecule has 1 N–H and O–H groups in total. The van der Waals surface area contributed by atoms with Gasteiger partial charge in [-0.25, -0.2) is 14.4 Å². The minimum Gasteiger partial charge on any atom is -0.491 e. The van der Waals surface area contributed by atoms with Crippen molar-refractivity contribution < 1.29 is 43.4 Å². The number of nitro benzene ring substituents is 1. The highest BCUT2D eigenvalue weighted by molar-refractivity contribution is 6.23. The van der Waals surface area contributed by atoms with Crippen LogP contribution in [0.5, 0.6) is 5.75 Å². The predicted molar refractivity (Wildman–Crippen MR) is 278 cm³/mol. The quantitative estimate of drug-likeness (QED) is 0.0560. The topological polar surface area (TPSA) is 200 Å². The fraction of sp³-hybridized carbons (Fsp3) is 0.288. The van der Waals surface area contributed by atoms with Gasteiger partial charge in [-0.05, 0) is 95.3 Å². The number of fused-ring (bicyclic) bond motifs is 4. The molecule has 0 unspecified atom stereocenters. The van der Waals surface area contributed by atoms with Crippen molar-refractivity contribution in [2.24, 2.45) is 5.92 Å². The Hall–Kier alpha value is -8.72. The maximum Gasteiger partial charge on any atom is 0.421 e. The Bertz CT molecular complexity index is 3370. The van der Waals surface area contributed by atoms with E-state index in [0.717, 1.165) is 35.2 Å². The van der Waals surface area contributed by atoms with Gasteiger partial charge in [-0.3, -0.25) is 29.4 Å². The van der Waals surface area contributed by atoms with E-state index in [1.807, 2.05) is 89.8 Å². The molecular formula is C59H53N7O10. The number of aromatic nitrogens is 3. The van der Waals surface area contributed by atoms with Gasteiger partial charge < -0.3 is 24.2 Å². The minimum absolute atomic E-state index is 0.0216. The molecule has 3 amide bonds. The number of nitrogens with zero attached hydrogens (tertiary/aromatic N) is 7. The molecule has 0 aliphatic carbocycles. The first kappa shape index (κ1) is 49.5. The summed E-state index contributed by atoms with van der Waals surface area (Å²) in [4.78, 5) is 79.6. The van der Waals surface area contributed by atoms with Crippen molar-refractivity contribution in [3.63, 3.8) is 0 Å². The van der Waals surface area contributed by atoms with Gasteiger partial charge in [0.2, 0.25) is 11.8 Å². The van der Waals surface area contributed by atoms with E-state index in [2.05, 4.69) is 22.2 Å². The number of ether oxygens (including phenoxy) is 3. The van der Waals surface area contributed by atoms with Crippen LogP contribution in [0.25, 0.3) is 11.0 Å². The van der Waals surface area contributed by atoms with Gasteiger partial charge in [0.05, 0.1) is 40.7 Å². The highest BCUT2D eigenvalue weighted by atomic mass is 16.6. The van der Waals surface area contributed by atoms with E-state index in [0.29, 0.717) is 59.5 Å². The SMILES string of the molecule is O=C1O[C@H](c2ccccc2)[C@H](c2ccccc2)N2[C@H]1[C@@H](C(=O)N1CCCCCCC1)[C@]1(C(=O)N(C(=O)OCc3ccc([N+](=O)[O-])cc3)c3ccc(C#CCn4nnc5ccccc54)cc31)[C@H]2c1ccc(OCCO)cc1. The van der Waals surface area contributed by atoms with E-state index in [1.165, 1.54) is 24.3 Å². The number of nitro groups is 1. The number of amides is 3. The number of morpholine rings is 1. The Balaban J connectivity index is 1.15. The summed E-state index contributed by atoms with van der Waals surface area (Å²) in [5.41, 5.74) is 2.55. The van der Waals surface area contributed by atoms with Crippen molar-refractivity contribution in [2.75, 3.05) is 31.2 Å². The summed E-state index contributed by atoms with van der Waals surface area (Å²) >= 11 is 0. The Morgan fingerprint density at radius 3 is 2.18 bits per heavy atom. The number of carbonyl (C=O) groups excluding carboxylic acids is 4. The van der Waals surface area contributed by atoms with Gasteiger partial charge in [-0.2, -0.15) is 0 Å². The molecule has 76 heavy (non-hydrogen) atoms. The smallest absolute Gasteiger partial charge is 0.421 e. The number of hydrogen-bond donors (Lipinski definition) is 1. The Morgan fingerprint density at radius 2 is 1.47 bits per heavy atom. The van der Waals surface area contributed by atoms with Crippen LogP contribution >= 0.6 is 0 Å². The molecule has 384 valence electrons. The summed E-state index contributed by atoms with van der Waals surface area (Å²) in [6, 6.07) is 40.8. The third-order valence-corrected chi connectivity index (χ3v) is 15.0. The number of hydrogen-bond acceptors (Lipinski definition) is 13. The van der Waals surface area contributed by atoms with Crippen LogP contribution in [0.3, 0.4) is 0 Å². The molecule has 6 atom stereocenters. The van der Waals surface area contributed by atoms with Gasteiger partial charge in [0.1, 0.15) is 48.6 Å². The highest BCUT2D eigenvalue weighted by Crippen LogP contribution is 2.66. The molecule has 3 fully saturated rings. The second-order valence-electron chi connectivity index (χ2n) is 19.4. The molecule has 3 saturated heterocycles. The molecule has 17 nitrogen and oxygen atoms in total. The normalized spacial score (nSPS) is 22.2. The van der Waals surface area contributed by atoms with Crippen molar-refractivity contribution in [1.82, 2.24) is 24.8 Å². The minimum atomic E-state index is -2.06. The lowest BCUT2D eigenvalue weighted by molar-refractivity contribution is -0.384. The number of carbonyl (C=O) groups is 4. The van der Waals surface area contributed by atoms with Gasteiger partial charge in [0, 0.05) is 30.8 Å². The van der Waals surface area contributed by atoms with Crippen molar-refractivity contribution >= 4 is 46.3 Å². The molecule has 11 rings (SSSR count). The number of esters is 1. The van der Waals surface area contributed by atoms with Gasteiger partial charge in [-0.15, -0.1) is 5.10 Å². The number of anilines is 1. The van der Waals surface area contributed by atoms with Crippen LogP contribution in [0.1, 0.15) is 83.7 Å². The van der Waals surface area contributed by atoms with Crippen LogP contribution in [0.4, 0.5) is 16.2 Å². The number of cyclic esters (lactones) is 1. The lowest BCUT2D eigenvalue weighted by Gasteiger charge is -2.46. The molecule has 0 bridgehead atoms. The Morgan fingerprint density at radius 1 is 0.789 bits per heavy atom. The molecule has 17 heteroatoms. The summed E-state index contributed by atoms with van der Waals surface area (Å²) in [6.07, 6.45) is 2.22. The number of likely N-dealkylation sites (tertiary alicyclic amines) is 1. The summed E-state index contributed by atoms with van der Waals surface area (Å²) in [6.45, 7) is 0.366. The van der Waals surface area contributed by atoms with E-state index >= 15 is 19.2 Å². The molecule has 5 heterocycles. The molecular weight excluding hydrogens is 967 g/mol. The van der Waals surface area contributed by atoms with Crippen molar-refractivity contribution in [2.45, 2.75) is 74.9 Å². The summed E-state index contributed by atoms with van der Waals surface area (Å²) in [5.74, 6) is 3.51. The first-order valence-corrected chi connectivity index (χ1v) is 25.5. The number of imide groups is 1. The van der Waals surface area contributed by atoms with E-state index in [9.17, 15) is 15.2 Å². The number of para-hydroxylation sites is 1. The number of non-ortho nitro benzene ring substituents is 1. The molecule has 1 spiro atoms. The van der Waals surface area contributed by atoms with E-state index in [4.69, 9.17) is 14.2 Å². The largest absolute Gasteiger partial charge is 0.491 e. The average Bonchev–Trinajstić information content (AvgIpc) is 3.71. The van der Waals surface area contributed by atoms with E-state index < -0.39 is 64.4 Å². The number of rotatable bonds is 11. The maximum atomic E-state index is 16.8.